The summed E-state index contributed by atoms with van der Waals surface area (Å²) in [6, 6.07) is 14.8. The SMILES string of the molecule is CCCc1c(O)n2c3c(=O)n(Cc4ccccc4)c(=O)n(C)c3nc2n(Cc2ccc(F)cc2)c1=O. The Kier molecular flexibility index (Phi) is 5.79. The van der Waals surface area contributed by atoms with E-state index >= 15 is 0 Å². The standard InChI is InChI=1S/C26H24FN5O4/c1-3-7-19-22(33)30(14-17-10-12-18(27)13-11-17)25-28-21-20(32(25)23(19)34)24(35)31(26(36)29(21)2)15-16-8-5-4-6-9-16/h4-6,8-13,34H,3,7,14-15H2,1-2H3. The molecule has 0 unspecified atom stereocenters. The minimum atomic E-state index is -0.630. The summed E-state index contributed by atoms with van der Waals surface area (Å²) in [5.74, 6) is -0.771. The summed E-state index contributed by atoms with van der Waals surface area (Å²) in [4.78, 5) is 44.6. The lowest BCUT2D eigenvalue weighted by Crippen LogP contribution is -2.39. The molecule has 2 aromatic carbocycles. The van der Waals surface area contributed by atoms with Gasteiger partial charge in [-0.15, -0.1) is 0 Å². The Morgan fingerprint density at radius 2 is 1.53 bits per heavy atom. The number of fused-ring (bicyclic) bond motifs is 3. The number of aryl methyl sites for hydroxylation is 1. The number of hydrogen-bond acceptors (Lipinski definition) is 5. The van der Waals surface area contributed by atoms with Crippen LogP contribution in [0.4, 0.5) is 4.39 Å². The zero-order valence-corrected chi connectivity index (χ0v) is 19.8. The molecule has 0 saturated heterocycles. The summed E-state index contributed by atoms with van der Waals surface area (Å²) < 4.78 is 18.3. The van der Waals surface area contributed by atoms with E-state index in [-0.39, 0.29) is 47.9 Å². The Labute approximate surface area is 203 Å². The van der Waals surface area contributed by atoms with Crippen LogP contribution in [0.2, 0.25) is 0 Å². The Morgan fingerprint density at radius 3 is 2.19 bits per heavy atom. The second-order valence-electron chi connectivity index (χ2n) is 8.71. The molecule has 0 aliphatic heterocycles. The molecule has 0 radical (unpaired) electrons. The summed E-state index contributed by atoms with van der Waals surface area (Å²) >= 11 is 0. The monoisotopic (exact) mass is 489 g/mol. The lowest BCUT2D eigenvalue weighted by Gasteiger charge is -2.13. The second-order valence-corrected chi connectivity index (χ2v) is 8.71. The predicted molar refractivity (Wildman–Crippen MR) is 133 cm³/mol. The van der Waals surface area contributed by atoms with Crippen LogP contribution in [0.1, 0.15) is 30.0 Å². The molecule has 0 amide bonds. The molecule has 0 fully saturated rings. The van der Waals surface area contributed by atoms with Crippen molar-refractivity contribution in [3.63, 3.8) is 0 Å². The normalized spacial score (nSPS) is 11.5. The maximum absolute atomic E-state index is 13.6. The van der Waals surface area contributed by atoms with Gasteiger partial charge in [-0.1, -0.05) is 55.8 Å². The number of imidazole rings is 1. The van der Waals surface area contributed by atoms with E-state index in [1.54, 1.807) is 12.1 Å². The van der Waals surface area contributed by atoms with Gasteiger partial charge in [0.1, 0.15) is 5.82 Å². The van der Waals surface area contributed by atoms with Gasteiger partial charge < -0.3 is 5.11 Å². The molecule has 0 bridgehead atoms. The van der Waals surface area contributed by atoms with E-state index in [2.05, 4.69) is 4.98 Å². The summed E-state index contributed by atoms with van der Waals surface area (Å²) in [7, 11) is 1.49. The van der Waals surface area contributed by atoms with Crippen molar-refractivity contribution in [2.45, 2.75) is 32.9 Å². The summed E-state index contributed by atoms with van der Waals surface area (Å²) in [6.45, 7) is 1.94. The first-order chi connectivity index (χ1) is 17.3. The van der Waals surface area contributed by atoms with Crippen molar-refractivity contribution in [3.05, 3.63) is 108 Å². The van der Waals surface area contributed by atoms with Crippen molar-refractivity contribution in [2.75, 3.05) is 0 Å². The van der Waals surface area contributed by atoms with Gasteiger partial charge in [-0.25, -0.2) is 13.6 Å². The molecule has 10 heteroatoms. The molecular formula is C26H24FN5O4. The maximum Gasteiger partial charge on any atom is 0.332 e. The lowest BCUT2D eigenvalue weighted by molar-refractivity contribution is 0.433. The van der Waals surface area contributed by atoms with Gasteiger partial charge in [0.2, 0.25) is 11.7 Å². The zero-order chi connectivity index (χ0) is 25.6. The van der Waals surface area contributed by atoms with Gasteiger partial charge in [0, 0.05) is 7.05 Å². The van der Waals surface area contributed by atoms with E-state index in [1.807, 2.05) is 37.3 Å². The average Bonchev–Trinajstić information content (AvgIpc) is 3.28. The fourth-order valence-corrected chi connectivity index (χ4v) is 4.46. The third kappa shape index (κ3) is 3.71. The Balaban J connectivity index is 1.85. The number of aromatic nitrogens is 5. The molecule has 3 heterocycles. The van der Waals surface area contributed by atoms with Crippen LogP contribution in [0.25, 0.3) is 16.9 Å². The van der Waals surface area contributed by atoms with Crippen LogP contribution in [0, 0.1) is 5.82 Å². The van der Waals surface area contributed by atoms with Crippen LogP contribution in [-0.4, -0.2) is 28.2 Å². The molecule has 0 saturated carbocycles. The third-order valence-electron chi connectivity index (χ3n) is 6.29. The van der Waals surface area contributed by atoms with Crippen molar-refractivity contribution in [3.8, 4) is 5.88 Å². The first-order valence-electron chi connectivity index (χ1n) is 11.6. The molecule has 36 heavy (non-hydrogen) atoms. The molecule has 9 nitrogen and oxygen atoms in total. The maximum atomic E-state index is 13.6. The van der Waals surface area contributed by atoms with Crippen LogP contribution in [0.15, 0.2) is 69.0 Å². The second kappa shape index (κ2) is 8.95. The zero-order valence-electron chi connectivity index (χ0n) is 19.8. The molecule has 184 valence electrons. The number of nitrogens with zero attached hydrogens (tertiary/aromatic N) is 5. The highest BCUT2D eigenvalue weighted by atomic mass is 19.1. The molecule has 5 aromatic rings. The molecule has 3 aromatic heterocycles. The predicted octanol–water partition coefficient (Wildman–Crippen LogP) is 2.40. The minimum absolute atomic E-state index is 0.00857. The highest BCUT2D eigenvalue weighted by Gasteiger charge is 2.24. The van der Waals surface area contributed by atoms with E-state index in [0.29, 0.717) is 12.0 Å². The number of halogens is 1. The number of aromatic hydroxyl groups is 1. The molecule has 5 rings (SSSR count). The highest BCUT2D eigenvalue weighted by molar-refractivity contribution is 5.76. The number of hydrogen-bond donors (Lipinski definition) is 1. The first kappa shape index (κ1) is 23.3. The summed E-state index contributed by atoms with van der Waals surface area (Å²) in [5, 5.41) is 11.2. The Hall–Kier alpha value is -4.47. The van der Waals surface area contributed by atoms with Crippen LogP contribution < -0.4 is 16.8 Å². The van der Waals surface area contributed by atoms with E-state index in [4.69, 9.17) is 0 Å². The topological polar surface area (TPSA) is 104 Å². The fourth-order valence-electron chi connectivity index (χ4n) is 4.46. The first-order valence-corrected chi connectivity index (χ1v) is 11.6. The van der Waals surface area contributed by atoms with Gasteiger partial charge >= 0.3 is 5.69 Å². The van der Waals surface area contributed by atoms with Crippen molar-refractivity contribution >= 4 is 16.9 Å². The molecule has 0 aliphatic rings. The fraction of sp³-hybridized carbons (Fsp3) is 0.231. The van der Waals surface area contributed by atoms with Gasteiger partial charge in [-0.3, -0.25) is 23.3 Å². The van der Waals surface area contributed by atoms with Gasteiger partial charge in [0.25, 0.3) is 11.1 Å². The summed E-state index contributed by atoms with van der Waals surface area (Å²) in [6.07, 6.45) is 0.849. The molecule has 0 spiro atoms. The highest BCUT2D eigenvalue weighted by Crippen LogP contribution is 2.23. The van der Waals surface area contributed by atoms with Gasteiger partial charge in [-0.05, 0) is 29.7 Å². The number of benzene rings is 2. The van der Waals surface area contributed by atoms with Crippen molar-refractivity contribution in [1.82, 2.24) is 23.1 Å². The van der Waals surface area contributed by atoms with E-state index in [9.17, 15) is 23.9 Å². The molecule has 1 N–H and O–H groups in total. The van der Waals surface area contributed by atoms with Gasteiger partial charge in [0.15, 0.2) is 11.2 Å². The smallest absolute Gasteiger partial charge is 0.332 e. The third-order valence-corrected chi connectivity index (χ3v) is 6.29. The summed E-state index contributed by atoms with van der Waals surface area (Å²) in [5.41, 5.74) is -0.0961. The van der Waals surface area contributed by atoms with E-state index < -0.39 is 22.6 Å². The van der Waals surface area contributed by atoms with E-state index in [0.717, 1.165) is 10.1 Å². The number of rotatable bonds is 6. The van der Waals surface area contributed by atoms with Crippen LogP contribution in [0.3, 0.4) is 0 Å². The van der Waals surface area contributed by atoms with Gasteiger partial charge in [-0.2, -0.15) is 4.98 Å². The van der Waals surface area contributed by atoms with E-state index in [1.165, 1.54) is 32.7 Å². The van der Waals surface area contributed by atoms with Crippen LogP contribution in [-0.2, 0) is 26.6 Å². The largest absolute Gasteiger partial charge is 0.494 e. The molecular weight excluding hydrogens is 465 g/mol. The lowest BCUT2D eigenvalue weighted by atomic mass is 10.1. The molecule has 0 atom stereocenters. The Morgan fingerprint density at radius 1 is 0.889 bits per heavy atom. The van der Waals surface area contributed by atoms with Crippen molar-refractivity contribution < 1.29 is 9.50 Å². The Bertz CT molecular complexity index is 1780. The molecule has 0 aliphatic carbocycles. The van der Waals surface area contributed by atoms with Gasteiger partial charge in [0.05, 0.1) is 18.7 Å². The van der Waals surface area contributed by atoms with Crippen molar-refractivity contribution in [2.24, 2.45) is 7.05 Å². The quantitative estimate of drug-likeness (QED) is 0.395. The van der Waals surface area contributed by atoms with Crippen molar-refractivity contribution in [1.29, 1.82) is 0 Å². The average molecular weight is 490 g/mol. The van der Waals surface area contributed by atoms with Crippen LogP contribution in [0.5, 0.6) is 5.88 Å². The minimum Gasteiger partial charge on any atom is -0.494 e. The van der Waals surface area contributed by atoms with Crippen LogP contribution >= 0.6 is 0 Å².